The molecule has 0 unspecified atom stereocenters. The Labute approximate surface area is 85.2 Å². The van der Waals surface area contributed by atoms with Gasteiger partial charge in [-0.3, -0.25) is 4.57 Å². The molecule has 15 heavy (non-hydrogen) atoms. The van der Waals surface area contributed by atoms with Gasteiger partial charge in [0.25, 0.3) is 0 Å². The largest absolute Gasteiger partial charge is 0.478 e. The van der Waals surface area contributed by atoms with Crippen LogP contribution < -0.4 is 0 Å². The molecule has 2 heterocycles. The average Bonchev–Trinajstić information content (AvgIpc) is 2.64. The van der Waals surface area contributed by atoms with E-state index in [1.165, 1.54) is 12.3 Å². The van der Waals surface area contributed by atoms with Crippen LogP contribution in [0.1, 0.15) is 16.2 Å². The van der Waals surface area contributed by atoms with E-state index in [9.17, 15) is 4.79 Å². The second kappa shape index (κ2) is 3.49. The van der Waals surface area contributed by atoms with Crippen molar-refractivity contribution < 1.29 is 9.90 Å². The molecule has 0 radical (unpaired) electrons. The van der Waals surface area contributed by atoms with Crippen LogP contribution >= 0.6 is 0 Å². The number of hydrogen-bond donors (Lipinski definition) is 1. The van der Waals surface area contributed by atoms with Crippen molar-refractivity contribution >= 4 is 5.97 Å². The molecular weight excluding hydrogens is 196 g/mol. The fraction of sp³-hybridized carbons (Fsp3) is 0.111. The van der Waals surface area contributed by atoms with Crippen molar-refractivity contribution in [2.75, 3.05) is 0 Å². The second-order valence-corrected chi connectivity index (χ2v) is 2.92. The average molecular weight is 204 g/mol. The van der Waals surface area contributed by atoms with Crippen LogP contribution in [0.2, 0.25) is 0 Å². The van der Waals surface area contributed by atoms with E-state index in [0.717, 1.165) is 0 Å². The molecule has 0 saturated heterocycles. The number of carboxylic acid groups (broad SMARTS) is 1. The Balaban J connectivity index is 2.63. The maximum Gasteiger partial charge on any atom is 0.339 e. The lowest BCUT2D eigenvalue weighted by atomic mass is 10.3. The molecule has 0 spiro atoms. The predicted octanol–water partition coefficient (Wildman–Crippen LogP) is 0.669. The van der Waals surface area contributed by atoms with Gasteiger partial charge >= 0.3 is 5.97 Å². The van der Waals surface area contributed by atoms with E-state index in [1.54, 1.807) is 23.9 Å². The summed E-state index contributed by atoms with van der Waals surface area (Å²) in [5, 5.41) is 16.4. The maximum absolute atomic E-state index is 10.9. The van der Waals surface area contributed by atoms with Gasteiger partial charge in [0.2, 0.25) is 0 Å². The van der Waals surface area contributed by atoms with Crippen molar-refractivity contribution in [1.82, 2.24) is 19.7 Å². The molecule has 0 saturated carbocycles. The molecule has 0 aliphatic heterocycles. The fourth-order valence-corrected chi connectivity index (χ4v) is 1.27. The number of carboxylic acids is 1. The number of imidazole rings is 1. The summed E-state index contributed by atoms with van der Waals surface area (Å²) >= 11 is 0. The van der Waals surface area contributed by atoms with E-state index in [2.05, 4.69) is 15.2 Å². The van der Waals surface area contributed by atoms with Crippen molar-refractivity contribution in [3.8, 4) is 5.82 Å². The molecule has 76 valence electrons. The SMILES string of the molecule is Cc1nccn1-c1nnccc1C(=O)O. The molecule has 0 aliphatic rings. The first kappa shape index (κ1) is 9.32. The molecule has 1 N–H and O–H groups in total. The van der Waals surface area contributed by atoms with E-state index < -0.39 is 5.97 Å². The number of hydrogen-bond acceptors (Lipinski definition) is 4. The Morgan fingerprint density at radius 3 is 2.87 bits per heavy atom. The Morgan fingerprint density at radius 1 is 1.47 bits per heavy atom. The van der Waals surface area contributed by atoms with Crippen LogP contribution in [0.5, 0.6) is 0 Å². The monoisotopic (exact) mass is 204 g/mol. The Kier molecular flexibility index (Phi) is 2.17. The lowest BCUT2D eigenvalue weighted by molar-refractivity contribution is 0.0696. The van der Waals surface area contributed by atoms with Gasteiger partial charge in [-0.25, -0.2) is 9.78 Å². The third-order valence-electron chi connectivity index (χ3n) is 1.99. The van der Waals surface area contributed by atoms with E-state index in [1.807, 2.05) is 0 Å². The summed E-state index contributed by atoms with van der Waals surface area (Å²) in [7, 11) is 0. The minimum Gasteiger partial charge on any atom is -0.478 e. The topological polar surface area (TPSA) is 80.9 Å². The third-order valence-corrected chi connectivity index (χ3v) is 1.99. The van der Waals surface area contributed by atoms with Gasteiger partial charge in [0, 0.05) is 12.4 Å². The van der Waals surface area contributed by atoms with E-state index in [-0.39, 0.29) is 11.4 Å². The molecular formula is C9H8N4O2. The molecule has 6 nitrogen and oxygen atoms in total. The zero-order chi connectivity index (χ0) is 10.8. The molecule has 0 atom stereocenters. The highest BCUT2D eigenvalue weighted by molar-refractivity contribution is 5.90. The summed E-state index contributed by atoms with van der Waals surface area (Å²) in [6, 6.07) is 1.41. The highest BCUT2D eigenvalue weighted by Crippen LogP contribution is 2.11. The van der Waals surface area contributed by atoms with Gasteiger partial charge in [-0.2, -0.15) is 5.10 Å². The van der Waals surface area contributed by atoms with Crippen LogP contribution in [-0.4, -0.2) is 30.8 Å². The molecule has 0 bridgehead atoms. The van der Waals surface area contributed by atoms with Crippen molar-refractivity contribution in [3.05, 3.63) is 36.0 Å². The molecule has 2 rings (SSSR count). The summed E-state index contributed by atoms with van der Waals surface area (Å²) in [6.07, 6.45) is 4.57. The Morgan fingerprint density at radius 2 is 2.27 bits per heavy atom. The van der Waals surface area contributed by atoms with Gasteiger partial charge in [-0.05, 0) is 13.0 Å². The first-order valence-corrected chi connectivity index (χ1v) is 4.25. The van der Waals surface area contributed by atoms with Gasteiger partial charge in [-0.15, -0.1) is 5.10 Å². The zero-order valence-corrected chi connectivity index (χ0v) is 7.95. The first-order chi connectivity index (χ1) is 7.20. The summed E-state index contributed by atoms with van der Waals surface area (Å²) in [6.45, 7) is 1.76. The van der Waals surface area contributed by atoms with Crippen molar-refractivity contribution in [1.29, 1.82) is 0 Å². The number of aryl methyl sites for hydroxylation is 1. The van der Waals surface area contributed by atoms with Gasteiger partial charge in [-0.1, -0.05) is 0 Å². The standard InChI is InChI=1S/C9H8N4O2/c1-6-10-4-5-13(6)8-7(9(14)15)2-3-11-12-8/h2-5H,1H3,(H,14,15). The Hall–Kier alpha value is -2.24. The van der Waals surface area contributed by atoms with Gasteiger partial charge < -0.3 is 5.11 Å². The summed E-state index contributed by atoms with van der Waals surface area (Å²) in [4.78, 5) is 14.9. The van der Waals surface area contributed by atoms with Crippen LogP contribution in [0, 0.1) is 6.92 Å². The normalized spacial score (nSPS) is 10.2. The molecule has 6 heteroatoms. The van der Waals surface area contributed by atoms with Crippen molar-refractivity contribution in [2.45, 2.75) is 6.92 Å². The predicted molar refractivity (Wildman–Crippen MR) is 50.9 cm³/mol. The van der Waals surface area contributed by atoms with E-state index in [0.29, 0.717) is 5.82 Å². The van der Waals surface area contributed by atoms with E-state index in [4.69, 9.17) is 5.11 Å². The second-order valence-electron chi connectivity index (χ2n) is 2.92. The molecule has 2 aromatic rings. The van der Waals surface area contributed by atoms with Gasteiger partial charge in [0.05, 0.1) is 6.20 Å². The summed E-state index contributed by atoms with van der Waals surface area (Å²) in [5.74, 6) is -0.0917. The van der Waals surface area contributed by atoms with Gasteiger partial charge in [0.15, 0.2) is 5.82 Å². The number of rotatable bonds is 2. The van der Waals surface area contributed by atoms with Crippen LogP contribution in [-0.2, 0) is 0 Å². The highest BCUT2D eigenvalue weighted by atomic mass is 16.4. The van der Waals surface area contributed by atoms with Crippen LogP contribution in [0.4, 0.5) is 0 Å². The zero-order valence-electron chi connectivity index (χ0n) is 7.95. The van der Waals surface area contributed by atoms with Crippen LogP contribution in [0.3, 0.4) is 0 Å². The van der Waals surface area contributed by atoms with Gasteiger partial charge in [0.1, 0.15) is 11.4 Å². The molecule has 0 aliphatic carbocycles. The van der Waals surface area contributed by atoms with Crippen molar-refractivity contribution in [3.63, 3.8) is 0 Å². The number of nitrogens with zero attached hydrogens (tertiary/aromatic N) is 4. The lowest BCUT2D eigenvalue weighted by Crippen LogP contribution is -2.09. The van der Waals surface area contributed by atoms with E-state index >= 15 is 0 Å². The van der Waals surface area contributed by atoms with Crippen LogP contribution in [0.15, 0.2) is 24.7 Å². The quantitative estimate of drug-likeness (QED) is 0.777. The summed E-state index contributed by atoms with van der Waals surface area (Å²) < 4.78 is 1.58. The third kappa shape index (κ3) is 1.56. The summed E-state index contributed by atoms with van der Waals surface area (Å²) in [5.41, 5.74) is 0.103. The van der Waals surface area contributed by atoms with Crippen LogP contribution in [0.25, 0.3) is 5.82 Å². The number of carbonyl (C=O) groups is 1. The first-order valence-electron chi connectivity index (χ1n) is 4.25. The number of aromatic nitrogens is 4. The molecule has 2 aromatic heterocycles. The minimum absolute atomic E-state index is 0.103. The molecule has 0 aromatic carbocycles. The van der Waals surface area contributed by atoms with Crippen molar-refractivity contribution in [2.24, 2.45) is 0 Å². The lowest BCUT2D eigenvalue weighted by Gasteiger charge is -2.05. The molecule has 0 amide bonds. The molecule has 0 fully saturated rings. The fourth-order valence-electron chi connectivity index (χ4n) is 1.27. The highest BCUT2D eigenvalue weighted by Gasteiger charge is 2.13. The smallest absolute Gasteiger partial charge is 0.339 e. The number of aromatic carboxylic acids is 1. The Bertz CT molecular complexity index is 506. The maximum atomic E-state index is 10.9. The minimum atomic E-state index is -1.03.